The third-order valence-electron chi connectivity index (χ3n) is 5.64. The van der Waals surface area contributed by atoms with E-state index < -0.39 is 0 Å². The summed E-state index contributed by atoms with van der Waals surface area (Å²) in [6, 6.07) is 0. The average Bonchev–Trinajstić information content (AvgIpc) is 2.31. The van der Waals surface area contributed by atoms with E-state index in [0.717, 1.165) is 0 Å². The minimum absolute atomic E-state index is 0.0521. The SMILES string of the molecule is COC1[C@H](C(C)(C)C)OC(C(C)(C)C)[C@@H](C(C)(C)C)[C@@H]1C(C)(C)C. The van der Waals surface area contributed by atoms with Gasteiger partial charge in [-0.3, -0.25) is 0 Å². The summed E-state index contributed by atoms with van der Waals surface area (Å²) >= 11 is 0. The second kappa shape index (κ2) is 6.58. The molecule has 2 nitrogen and oxygen atoms in total. The molecule has 0 aromatic heterocycles. The third kappa shape index (κ3) is 4.55. The van der Waals surface area contributed by atoms with Crippen LogP contribution in [0.15, 0.2) is 0 Å². The van der Waals surface area contributed by atoms with Crippen LogP contribution in [0.25, 0.3) is 0 Å². The van der Waals surface area contributed by atoms with Gasteiger partial charge in [-0.2, -0.15) is 0 Å². The highest BCUT2D eigenvalue weighted by Crippen LogP contribution is 2.55. The summed E-state index contributed by atoms with van der Waals surface area (Å²) in [6.07, 6.45) is 0.444. The van der Waals surface area contributed by atoms with Crippen molar-refractivity contribution in [1.82, 2.24) is 0 Å². The molecule has 0 aromatic carbocycles. The summed E-state index contributed by atoms with van der Waals surface area (Å²) in [5, 5.41) is 0. The van der Waals surface area contributed by atoms with Gasteiger partial charge in [-0.05, 0) is 33.5 Å². The van der Waals surface area contributed by atoms with Crippen molar-refractivity contribution in [3.8, 4) is 0 Å². The lowest BCUT2D eigenvalue weighted by Gasteiger charge is -2.60. The maximum absolute atomic E-state index is 6.86. The van der Waals surface area contributed by atoms with E-state index >= 15 is 0 Å². The second-order valence-corrected chi connectivity index (χ2v) is 12.2. The van der Waals surface area contributed by atoms with Crippen LogP contribution in [0.2, 0.25) is 0 Å². The smallest absolute Gasteiger partial charge is 0.0891 e. The van der Waals surface area contributed by atoms with Crippen LogP contribution in [0, 0.1) is 33.5 Å². The molecule has 1 heterocycles. The molecule has 0 radical (unpaired) electrons. The Morgan fingerprint density at radius 3 is 1.17 bits per heavy atom. The Bertz CT molecular complexity index is 411. The molecule has 2 unspecified atom stereocenters. The molecule has 1 aliphatic rings. The van der Waals surface area contributed by atoms with Crippen molar-refractivity contribution >= 4 is 0 Å². The lowest BCUT2D eigenvalue weighted by Crippen LogP contribution is -2.64. The first-order valence-electron chi connectivity index (χ1n) is 9.60. The summed E-state index contributed by atoms with van der Waals surface area (Å²) in [5.74, 6) is 0.894. The van der Waals surface area contributed by atoms with Crippen molar-refractivity contribution in [2.75, 3.05) is 7.11 Å². The predicted molar refractivity (Wildman–Crippen MR) is 104 cm³/mol. The lowest BCUT2D eigenvalue weighted by molar-refractivity contribution is -0.270. The highest BCUT2D eigenvalue weighted by atomic mass is 16.5. The standard InChI is InChI=1S/C22H44O2/c1-19(2,3)14-15(20(4,5)6)17(21(7,8)9)24-18(16(14)23-13)22(10,11)12/h14-18H,1-13H3/t14-,15-,16?,17?,18+/m0/s1. The number of hydrogen-bond donors (Lipinski definition) is 0. The molecule has 1 rings (SSSR count). The van der Waals surface area contributed by atoms with E-state index in [1.807, 2.05) is 7.11 Å². The highest BCUT2D eigenvalue weighted by molar-refractivity contribution is 5.05. The molecule has 0 aliphatic carbocycles. The van der Waals surface area contributed by atoms with E-state index in [2.05, 4.69) is 83.1 Å². The molecule has 0 bridgehead atoms. The Morgan fingerprint density at radius 1 is 0.542 bits per heavy atom. The van der Waals surface area contributed by atoms with Crippen LogP contribution in [-0.4, -0.2) is 25.4 Å². The van der Waals surface area contributed by atoms with E-state index in [4.69, 9.17) is 9.47 Å². The second-order valence-electron chi connectivity index (χ2n) is 12.2. The maximum Gasteiger partial charge on any atom is 0.0891 e. The van der Waals surface area contributed by atoms with Crippen molar-refractivity contribution in [2.45, 2.75) is 101 Å². The van der Waals surface area contributed by atoms with Gasteiger partial charge in [0.05, 0.1) is 18.3 Å². The van der Waals surface area contributed by atoms with E-state index in [1.165, 1.54) is 0 Å². The van der Waals surface area contributed by atoms with Gasteiger partial charge in [-0.1, -0.05) is 83.1 Å². The zero-order valence-corrected chi connectivity index (χ0v) is 18.7. The largest absolute Gasteiger partial charge is 0.378 e. The Labute approximate surface area is 152 Å². The van der Waals surface area contributed by atoms with Gasteiger partial charge < -0.3 is 9.47 Å². The number of hydrogen-bond acceptors (Lipinski definition) is 2. The van der Waals surface area contributed by atoms with E-state index in [1.54, 1.807) is 0 Å². The van der Waals surface area contributed by atoms with Crippen molar-refractivity contribution in [1.29, 1.82) is 0 Å². The summed E-state index contributed by atoms with van der Waals surface area (Å²) in [6.45, 7) is 28.0. The molecule has 2 heteroatoms. The first kappa shape index (κ1) is 22.0. The van der Waals surface area contributed by atoms with Gasteiger partial charge in [0.15, 0.2) is 0 Å². The van der Waals surface area contributed by atoms with Gasteiger partial charge >= 0.3 is 0 Å². The monoisotopic (exact) mass is 340 g/mol. The number of methoxy groups -OCH3 is 1. The molecule has 5 atom stereocenters. The zero-order valence-electron chi connectivity index (χ0n) is 18.7. The first-order chi connectivity index (χ1) is 10.4. The molecule has 0 amide bonds. The summed E-state index contributed by atoms with van der Waals surface area (Å²) in [5.41, 5.74) is 0.477. The van der Waals surface area contributed by atoms with Gasteiger partial charge in [0.1, 0.15) is 0 Å². The number of rotatable bonds is 1. The van der Waals surface area contributed by atoms with Crippen LogP contribution in [-0.2, 0) is 9.47 Å². The highest BCUT2D eigenvalue weighted by Gasteiger charge is 2.58. The van der Waals surface area contributed by atoms with E-state index in [-0.39, 0.29) is 40.0 Å². The summed E-state index contributed by atoms with van der Waals surface area (Å²) in [4.78, 5) is 0. The quantitative estimate of drug-likeness (QED) is 0.567. The van der Waals surface area contributed by atoms with Crippen molar-refractivity contribution in [3.63, 3.8) is 0 Å². The minimum atomic E-state index is 0.0521. The van der Waals surface area contributed by atoms with Crippen LogP contribution in [0.3, 0.4) is 0 Å². The molecule has 0 saturated carbocycles. The molecule has 1 saturated heterocycles. The summed E-state index contributed by atoms with van der Waals surface area (Å²) < 4.78 is 13.0. The van der Waals surface area contributed by atoms with Crippen molar-refractivity contribution in [3.05, 3.63) is 0 Å². The molecule has 1 fully saturated rings. The molecular weight excluding hydrogens is 296 g/mol. The Kier molecular flexibility index (Phi) is 6.02. The van der Waals surface area contributed by atoms with Crippen LogP contribution >= 0.6 is 0 Å². The van der Waals surface area contributed by atoms with Crippen LogP contribution in [0.1, 0.15) is 83.1 Å². The van der Waals surface area contributed by atoms with Gasteiger partial charge in [-0.15, -0.1) is 0 Å². The topological polar surface area (TPSA) is 18.5 Å². The van der Waals surface area contributed by atoms with Crippen LogP contribution in [0.5, 0.6) is 0 Å². The van der Waals surface area contributed by atoms with Crippen LogP contribution < -0.4 is 0 Å². The molecule has 1 aliphatic heterocycles. The molecular formula is C22H44O2. The fourth-order valence-electron chi connectivity index (χ4n) is 4.64. The fourth-order valence-corrected chi connectivity index (χ4v) is 4.64. The third-order valence-corrected chi connectivity index (χ3v) is 5.64. The van der Waals surface area contributed by atoms with E-state index in [9.17, 15) is 0 Å². The Morgan fingerprint density at radius 2 is 0.917 bits per heavy atom. The molecule has 24 heavy (non-hydrogen) atoms. The molecule has 0 N–H and O–H groups in total. The van der Waals surface area contributed by atoms with Gasteiger partial charge in [0, 0.05) is 7.11 Å². The Balaban J connectivity index is 3.58. The van der Waals surface area contributed by atoms with Crippen LogP contribution in [0.4, 0.5) is 0 Å². The molecule has 144 valence electrons. The lowest BCUT2D eigenvalue weighted by atomic mass is 9.54. The zero-order chi connectivity index (χ0) is 19.3. The first-order valence-corrected chi connectivity index (χ1v) is 9.60. The molecule has 0 spiro atoms. The van der Waals surface area contributed by atoms with Gasteiger partial charge in [0.2, 0.25) is 0 Å². The van der Waals surface area contributed by atoms with Crippen molar-refractivity contribution in [2.24, 2.45) is 33.5 Å². The predicted octanol–water partition coefficient (Wildman–Crippen LogP) is 6.19. The van der Waals surface area contributed by atoms with E-state index in [0.29, 0.717) is 11.8 Å². The van der Waals surface area contributed by atoms with Gasteiger partial charge in [0.25, 0.3) is 0 Å². The maximum atomic E-state index is 6.86. The van der Waals surface area contributed by atoms with Crippen molar-refractivity contribution < 1.29 is 9.47 Å². The van der Waals surface area contributed by atoms with Gasteiger partial charge in [-0.25, -0.2) is 0 Å². The summed E-state index contributed by atoms with van der Waals surface area (Å²) in [7, 11) is 1.86. The number of ether oxygens (including phenoxy) is 2. The average molecular weight is 341 g/mol. The Hall–Kier alpha value is -0.0800. The molecule has 0 aromatic rings. The minimum Gasteiger partial charge on any atom is -0.378 e. The fraction of sp³-hybridized carbons (Fsp3) is 1.00. The normalized spacial score (nSPS) is 33.6.